The number of cyclic esters (lactones) is 1. The minimum atomic E-state index is -1.34. The van der Waals surface area contributed by atoms with Crippen molar-refractivity contribution in [2.75, 3.05) is 0 Å². The molecule has 0 bridgehead atoms. The molecule has 0 saturated carbocycles. The van der Waals surface area contributed by atoms with E-state index in [9.17, 15) is 29.7 Å². The molecule has 1 fully saturated rings. The first-order valence-corrected chi connectivity index (χ1v) is 8.26. The van der Waals surface area contributed by atoms with Gasteiger partial charge < -0.3 is 30.7 Å². The van der Waals surface area contributed by atoms with Gasteiger partial charge in [0.25, 0.3) is 0 Å². The van der Waals surface area contributed by atoms with E-state index in [2.05, 4.69) is 10.6 Å². The highest BCUT2D eigenvalue weighted by Gasteiger charge is 2.51. The van der Waals surface area contributed by atoms with Crippen LogP contribution in [-0.4, -0.2) is 63.5 Å². The number of esters is 1. The average molecular weight is 356 g/mol. The number of aliphatic hydroxyl groups is 3. The second kappa shape index (κ2) is 7.40. The fraction of sp³-hybridized carbons (Fsp3) is 0.688. The SMILES string of the molecule is CCC(=O)NC(C)C(=O)NC1C(C)OC(=O)C2=C(O)CC(O)C(O)C21. The number of nitrogens with one attached hydrogen (secondary N) is 2. The zero-order valence-corrected chi connectivity index (χ0v) is 14.4. The quantitative estimate of drug-likeness (QED) is 0.401. The van der Waals surface area contributed by atoms with Gasteiger partial charge in [0.2, 0.25) is 11.8 Å². The Balaban J connectivity index is 2.23. The molecule has 9 nitrogen and oxygen atoms in total. The third-order valence-corrected chi connectivity index (χ3v) is 4.62. The predicted octanol–water partition coefficient (Wildman–Crippen LogP) is -1.11. The van der Waals surface area contributed by atoms with E-state index < -0.39 is 48.2 Å². The van der Waals surface area contributed by atoms with Crippen molar-refractivity contribution in [3.8, 4) is 0 Å². The number of ether oxygens (including phenoxy) is 1. The van der Waals surface area contributed by atoms with Gasteiger partial charge in [-0.1, -0.05) is 6.92 Å². The molecule has 1 heterocycles. The predicted molar refractivity (Wildman–Crippen MR) is 85.2 cm³/mol. The van der Waals surface area contributed by atoms with E-state index in [0.717, 1.165) is 0 Å². The second-order valence-corrected chi connectivity index (χ2v) is 6.44. The van der Waals surface area contributed by atoms with E-state index in [1.165, 1.54) is 6.92 Å². The van der Waals surface area contributed by atoms with Crippen LogP contribution in [0.1, 0.15) is 33.6 Å². The van der Waals surface area contributed by atoms with Crippen LogP contribution in [0.4, 0.5) is 0 Å². The molecule has 0 spiro atoms. The lowest BCUT2D eigenvalue weighted by molar-refractivity contribution is -0.159. The van der Waals surface area contributed by atoms with Gasteiger partial charge in [-0.25, -0.2) is 4.79 Å². The largest absolute Gasteiger partial charge is 0.512 e. The number of hydrogen-bond acceptors (Lipinski definition) is 7. The van der Waals surface area contributed by atoms with Crippen LogP contribution < -0.4 is 10.6 Å². The molecule has 1 aliphatic heterocycles. The van der Waals surface area contributed by atoms with E-state index >= 15 is 0 Å². The number of carbonyl (C=O) groups excluding carboxylic acids is 3. The van der Waals surface area contributed by atoms with E-state index in [-0.39, 0.29) is 30.1 Å². The van der Waals surface area contributed by atoms with Crippen LogP contribution in [-0.2, 0) is 19.1 Å². The summed E-state index contributed by atoms with van der Waals surface area (Å²) in [5.74, 6) is -2.96. The van der Waals surface area contributed by atoms with Crippen LogP contribution in [0.15, 0.2) is 11.3 Å². The first-order chi connectivity index (χ1) is 11.7. The standard InChI is InChI=1S/C16H24N2O7/c1-4-10(21)17-6(2)15(23)18-13-7(3)25-16(24)11-8(19)5-9(20)14(22)12(11)13/h6-7,9,12-14,19-20,22H,4-5H2,1-3H3,(H,17,21)(H,18,23). The number of fused-ring (bicyclic) bond motifs is 1. The number of amides is 2. The van der Waals surface area contributed by atoms with Crippen molar-refractivity contribution >= 4 is 17.8 Å². The molecule has 2 aliphatic rings. The molecule has 0 radical (unpaired) electrons. The maximum Gasteiger partial charge on any atom is 0.338 e. The van der Waals surface area contributed by atoms with E-state index in [4.69, 9.17) is 4.74 Å². The molecule has 25 heavy (non-hydrogen) atoms. The summed E-state index contributed by atoms with van der Waals surface area (Å²) in [6.45, 7) is 4.70. The van der Waals surface area contributed by atoms with Gasteiger partial charge in [-0.2, -0.15) is 0 Å². The molecule has 0 aromatic heterocycles. The molecule has 5 N–H and O–H groups in total. The molecule has 1 saturated heterocycles. The topological polar surface area (TPSA) is 145 Å². The van der Waals surface area contributed by atoms with Crippen molar-refractivity contribution in [3.63, 3.8) is 0 Å². The summed E-state index contributed by atoms with van der Waals surface area (Å²) in [5, 5.41) is 35.4. The number of carbonyl (C=O) groups is 3. The van der Waals surface area contributed by atoms with Gasteiger partial charge in [-0.15, -0.1) is 0 Å². The van der Waals surface area contributed by atoms with E-state index in [0.29, 0.717) is 0 Å². The van der Waals surface area contributed by atoms with Crippen molar-refractivity contribution < 1.29 is 34.4 Å². The maximum absolute atomic E-state index is 12.3. The van der Waals surface area contributed by atoms with Crippen molar-refractivity contribution in [1.82, 2.24) is 10.6 Å². The third-order valence-electron chi connectivity index (χ3n) is 4.62. The van der Waals surface area contributed by atoms with E-state index in [1.54, 1.807) is 13.8 Å². The van der Waals surface area contributed by atoms with Gasteiger partial charge in [0.15, 0.2) is 0 Å². The molecule has 2 rings (SSSR count). The van der Waals surface area contributed by atoms with Gasteiger partial charge in [0, 0.05) is 18.8 Å². The zero-order valence-electron chi connectivity index (χ0n) is 14.4. The fourth-order valence-corrected chi connectivity index (χ4v) is 3.18. The van der Waals surface area contributed by atoms with Crippen molar-refractivity contribution in [1.29, 1.82) is 0 Å². The molecule has 0 aromatic rings. The van der Waals surface area contributed by atoms with Gasteiger partial charge in [0.1, 0.15) is 17.9 Å². The molecule has 140 valence electrons. The van der Waals surface area contributed by atoms with Crippen LogP contribution in [0, 0.1) is 5.92 Å². The maximum atomic E-state index is 12.3. The van der Waals surface area contributed by atoms with Crippen molar-refractivity contribution in [2.24, 2.45) is 5.92 Å². The third kappa shape index (κ3) is 3.77. The highest BCUT2D eigenvalue weighted by atomic mass is 16.5. The van der Waals surface area contributed by atoms with Crippen molar-refractivity contribution in [3.05, 3.63) is 11.3 Å². The molecule has 9 heteroatoms. The Hall–Kier alpha value is -2.13. The summed E-state index contributed by atoms with van der Waals surface area (Å²) in [4.78, 5) is 35.8. The highest BCUT2D eigenvalue weighted by Crippen LogP contribution is 2.37. The smallest absolute Gasteiger partial charge is 0.338 e. The van der Waals surface area contributed by atoms with Crippen LogP contribution in [0.3, 0.4) is 0 Å². The monoisotopic (exact) mass is 356 g/mol. The first kappa shape index (κ1) is 19.2. The lowest BCUT2D eigenvalue weighted by Crippen LogP contribution is -2.62. The zero-order chi connectivity index (χ0) is 18.9. The normalized spacial score (nSPS) is 33.2. The molecule has 6 atom stereocenters. The lowest BCUT2D eigenvalue weighted by Gasteiger charge is -2.43. The Labute approximate surface area is 145 Å². The summed E-state index contributed by atoms with van der Waals surface area (Å²) >= 11 is 0. The minimum Gasteiger partial charge on any atom is -0.512 e. The Morgan fingerprint density at radius 3 is 2.60 bits per heavy atom. The van der Waals surface area contributed by atoms with Crippen LogP contribution in [0.5, 0.6) is 0 Å². The van der Waals surface area contributed by atoms with Crippen LogP contribution in [0.25, 0.3) is 0 Å². The fourth-order valence-electron chi connectivity index (χ4n) is 3.18. The minimum absolute atomic E-state index is 0.133. The first-order valence-electron chi connectivity index (χ1n) is 8.26. The van der Waals surface area contributed by atoms with Crippen LogP contribution >= 0.6 is 0 Å². The number of rotatable bonds is 4. The van der Waals surface area contributed by atoms with Gasteiger partial charge in [-0.3, -0.25) is 9.59 Å². The molecular weight excluding hydrogens is 332 g/mol. The Morgan fingerprint density at radius 1 is 1.36 bits per heavy atom. The molecule has 2 amide bonds. The summed E-state index contributed by atoms with van der Waals surface area (Å²) in [5.41, 5.74) is -0.133. The van der Waals surface area contributed by atoms with Gasteiger partial charge >= 0.3 is 5.97 Å². The highest BCUT2D eigenvalue weighted by molar-refractivity contribution is 5.92. The summed E-state index contributed by atoms with van der Waals surface area (Å²) in [7, 11) is 0. The molecule has 1 aliphatic carbocycles. The van der Waals surface area contributed by atoms with Gasteiger partial charge in [0.05, 0.1) is 23.8 Å². The Kier molecular flexibility index (Phi) is 5.69. The number of aliphatic hydroxyl groups excluding tert-OH is 3. The average Bonchev–Trinajstić information content (AvgIpc) is 2.54. The summed E-state index contributed by atoms with van der Waals surface area (Å²) in [6.07, 6.45) is -3.42. The molecular formula is C16H24N2O7. The summed E-state index contributed by atoms with van der Waals surface area (Å²) in [6, 6.07) is -1.68. The van der Waals surface area contributed by atoms with Gasteiger partial charge in [-0.05, 0) is 13.8 Å². The second-order valence-electron chi connectivity index (χ2n) is 6.44. The van der Waals surface area contributed by atoms with Crippen molar-refractivity contribution in [2.45, 2.75) is 64.0 Å². The molecule has 6 unspecified atom stereocenters. The number of hydrogen-bond donors (Lipinski definition) is 5. The van der Waals surface area contributed by atoms with Crippen LogP contribution in [0.2, 0.25) is 0 Å². The molecule has 0 aromatic carbocycles. The Morgan fingerprint density at radius 2 is 2.00 bits per heavy atom. The van der Waals surface area contributed by atoms with E-state index in [1.807, 2.05) is 0 Å². The summed E-state index contributed by atoms with van der Waals surface area (Å²) < 4.78 is 5.15. The lowest BCUT2D eigenvalue weighted by atomic mass is 9.74. The Bertz CT molecular complexity index is 603.